The summed E-state index contributed by atoms with van der Waals surface area (Å²) in [6.07, 6.45) is 1.31. The molecule has 2 fully saturated rings. The summed E-state index contributed by atoms with van der Waals surface area (Å²) in [5, 5.41) is 1.35. The lowest BCUT2D eigenvalue weighted by atomic mass is 10.2. The minimum Gasteiger partial charge on any atom is -0.379 e. The number of hydrogen-bond acceptors (Lipinski definition) is 9. The van der Waals surface area contributed by atoms with E-state index in [0.717, 1.165) is 11.7 Å². The molecule has 0 aromatic rings. The van der Waals surface area contributed by atoms with Crippen LogP contribution in [0.4, 0.5) is 4.79 Å². The van der Waals surface area contributed by atoms with Gasteiger partial charge in [-0.3, -0.25) is 14.5 Å². The average Bonchev–Trinajstić information content (AvgIpc) is 3.35. The molecule has 138 valence electrons. The second-order valence-corrected chi connectivity index (χ2v) is 5.48. The van der Waals surface area contributed by atoms with Crippen LogP contribution < -0.4 is 0 Å². The number of hydroxylamine groups is 4. The Balaban J connectivity index is 1.72. The number of epoxide rings is 1. The van der Waals surface area contributed by atoms with Crippen molar-refractivity contribution in [2.45, 2.75) is 24.8 Å². The zero-order valence-corrected chi connectivity index (χ0v) is 14.3. The van der Waals surface area contributed by atoms with Crippen LogP contribution in [0.2, 0.25) is 0 Å². The van der Waals surface area contributed by atoms with Crippen LogP contribution in [-0.2, 0) is 28.7 Å². The molecule has 3 aliphatic heterocycles. The van der Waals surface area contributed by atoms with Crippen LogP contribution in [0, 0.1) is 0 Å². The maximum absolute atomic E-state index is 12.5. The van der Waals surface area contributed by atoms with Gasteiger partial charge in [-0.25, -0.2) is 14.8 Å². The van der Waals surface area contributed by atoms with Crippen LogP contribution in [-0.4, -0.2) is 86.7 Å². The molecule has 2 unspecified atom stereocenters. The summed E-state index contributed by atoms with van der Waals surface area (Å²) < 4.78 is 15.9. The molecule has 3 rings (SSSR count). The Morgan fingerprint density at radius 3 is 2.64 bits per heavy atom. The predicted octanol–water partition coefficient (Wildman–Crippen LogP) is -0.278. The maximum Gasteiger partial charge on any atom is 0.380 e. The highest BCUT2D eigenvalue weighted by Crippen LogP contribution is 2.33. The van der Waals surface area contributed by atoms with E-state index in [0.29, 0.717) is 37.0 Å². The van der Waals surface area contributed by atoms with E-state index in [-0.39, 0.29) is 11.8 Å². The van der Waals surface area contributed by atoms with Gasteiger partial charge in [0.2, 0.25) is 0 Å². The van der Waals surface area contributed by atoms with Gasteiger partial charge >= 0.3 is 17.8 Å². The molecule has 11 nitrogen and oxygen atoms in total. The van der Waals surface area contributed by atoms with E-state index < -0.39 is 17.8 Å². The summed E-state index contributed by atoms with van der Waals surface area (Å²) in [6.45, 7) is 1.82. The normalized spacial score (nSPS) is 28.2. The smallest absolute Gasteiger partial charge is 0.379 e. The van der Waals surface area contributed by atoms with E-state index in [9.17, 15) is 9.59 Å². The van der Waals surface area contributed by atoms with Gasteiger partial charge in [-0.05, 0) is 6.42 Å². The second-order valence-electron chi connectivity index (χ2n) is 5.48. The number of rotatable bonds is 9. The summed E-state index contributed by atoms with van der Waals surface area (Å²) in [7, 11) is 3.78. The molecule has 25 heavy (non-hydrogen) atoms. The number of methoxy groups -OCH3 is 1. The topological polar surface area (TPSA) is 115 Å². The van der Waals surface area contributed by atoms with Crippen LogP contribution in [0.15, 0.2) is 9.98 Å². The van der Waals surface area contributed by atoms with Gasteiger partial charge in [-0.2, -0.15) is 0 Å². The fourth-order valence-corrected chi connectivity index (χ4v) is 2.59. The standard InChI is InChI=1S/C14H20N4O7/c1-21-14-11(12(19)17(22-2)13(20)18(14)23-3)15-10(16-14)5-4-6-24-7-9-8-25-9/h9H,4-8H2,1-3H3. The average molecular weight is 356 g/mol. The molecular formula is C14H20N4O7. The molecule has 0 bridgehead atoms. The lowest BCUT2D eigenvalue weighted by Gasteiger charge is -2.40. The lowest BCUT2D eigenvalue weighted by Crippen LogP contribution is -2.68. The molecule has 0 radical (unpaired) electrons. The summed E-state index contributed by atoms with van der Waals surface area (Å²) in [4.78, 5) is 43.2. The largest absolute Gasteiger partial charge is 0.380 e. The molecule has 11 heteroatoms. The highest BCUT2D eigenvalue weighted by Gasteiger charge is 2.60. The van der Waals surface area contributed by atoms with Crippen molar-refractivity contribution < 1.29 is 33.5 Å². The van der Waals surface area contributed by atoms with E-state index in [1.165, 1.54) is 21.3 Å². The third-order valence-electron chi connectivity index (χ3n) is 3.88. The van der Waals surface area contributed by atoms with Crippen LogP contribution >= 0.6 is 0 Å². The predicted molar refractivity (Wildman–Crippen MR) is 82.5 cm³/mol. The number of carbonyl (C=O) groups excluding carboxylic acids is 2. The zero-order chi connectivity index (χ0) is 18.0. The summed E-state index contributed by atoms with van der Waals surface area (Å²) >= 11 is 0. The van der Waals surface area contributed by atoms with Crippen molar-refractivity contribution in [3.05, 3.63) is 0 Å². The number of urea groups is 1. The van der Waals surface area contributed by atoms with Crippen molar-refractivity contribution in [1.29, 1.82) is 0 Å². The Morgan fingerprint density at radius 1 is 1.28 bits per heavy atom. The molecule has 2 saturated heterocycles. The number of amidine groups is 1. The number of fused-ring (bicyclic) bond motifs is 1. The molecule has 0 aromatic heterocycles. The summed E-state index contributed by atoms with van der Waals surface area (Å²) in [5.41, 5.74) is -0.0967. The molecule has 0 spiro atoms. The Morgan fingerprint density at radius 2 is 2.04 bits per heavy atom. The quantitative estimate of drug-likeness (QED) is 0.412. The molecule has 3 heterocycles. The van der Waals surface area contributed by atoms with Crippen molar-refractivity contribution in [3.8, 4) is 0 Å². The van der Waals surface area contributed by atoms with Gasteiger partial charge in [0.25, 0.3) is 0 Å². The maximum atomic E-state index is 12.5. The zero-order valence-electron chi connectivity index (χ0n) is 14.3. The summed E-state index contributed by atoms with van der Waals surface area (Å²) in [6, 6.07) is -0.853. The highest BCUT2D eigenvalue weighted by atomic mass is 16.8. The molecule has 0 saturated carbocycles. The van der Waals surface area contributed by atoms with E-state index in [4.69, 9.17) is 23.9 Å². The van der Waals surface area contributed by atoms with Crippen molar-refractivity contribution in [2.24, 2.45) is 9.98 Å². The van der Waals surface area contributed by atoms with Crippen molar-refractivity contribution in [1.82, 2.24) is 10.1 Å². The first-order chi connectivity index (χ1) is 12.1. The first kappa shape index (κ1) is 17.9. The van der Waals surface area contributed by atoms with E-state index in [2.05, 4.69) is 9.98 Å². The fraction of sp³-hybridized carbons (Fsp3) is 0.714. The second kappa shape index (κ2) is 7.14. The number of aliphatic imine (C=N–C) groups is 2. The Labute approximate surface area is 144 Å². The Hall–Kier alpha value is -1.92. The van der Waals surface area contributed by atoms with Gasteiger partial charge in [0.15, 0.2) is 5.71 Å². The lowest BCUT2D eigenvalue weighted by molar-refractivity contribution is -0.246. The monoisotopic (exact) mass is 356 g/mol. The van der Waals surface area contributed by atoms with Crippen molar-refractivity contribution in [2.75, 3.05) is 41.2 Å². The molecule has 0 N–H and O–H groups in total. The Kier molecular flexibility index (Phi) is 5.11. The SMILES string of the molecule is CON1C(=O)C2=NC(CCCOCC3CO3)=NC2(OC)N(OC)C1=O. The van der Waals surface area contributed by atoms with Gasteiger partial charge in [0.1, 0.15) is 11.9 Å². The fourth-order valence-electron chi connectivity index (χ4n) is 2.59. The number of ether oxygens (including phenoxy) is 3. The van der Waals surface area contributed by atoms with Crippen LogP contribution in [0.3, 0.4) is 0 Å². The van der Waals surface area contributed by atoms with E-state index in [1.54, 1.807) is 0 Å². The molecule has 0 aromatic carbocycles. The van der Waals surface area contributed by atoms with Gasteiger partial charge in [-0.1, -0.05) is 0 Å². The first-order valence-electron chi connectivity index (χ1n) is 7.76. The minimum atomic E-state index is -1.74. The number of hydrogen-bond donors (Lipinski definition) is 0. The Bertz CT molecular complexity index is 618. The summed E-state index contributed by atoms with van der Waals surface area (Å²) in [5.74, 6) is -2.12. The van der Waals surface area contributed by atoms with Crippen LogP contribution in [0.1, 0.15) is 12.8 Å². The first-order valence-corrected chi connectivity index (χ1v) is 7.76. The van der Waals surface area contributed by atoms with Gasteiger partial charge in [0.05, 0.1) is 27.4 Å². The molecular weight excluding hydrogens is 336 g/mol. The number of nitrogens with zero attached hydrogens (tertiary/aromatic N) is 4. The van der Waals surface area contributed by atoms with Crippen molar-refractivity contribution in [3.63, 3.8) is 0 Å². The van der Waals surface area contributed by atoms with Crippen LogP contribution in [0.5, 0.6) is 0 Å². The third kappa shape index (κ3) is 3.16. The number of imide groups is 1. The molecule has 3 amide bonds. The van der Waals surface area contributed by atoms with E-state index >= 15 is 0 Å². The van der Waals surface area contributed by atoms with Gasteiger partial charge in [-0.15, -0.1) is 10.1 Å². The molecule has 3 aliphatic rings. The molecule has 2 atom stereocenters. The van der Waals surface area contributed by atoms with Gasteiger partial charge in [0, 0.05) is 20.1 Å². The number of amides is 3. The van der Waals surface area contributed by atoms with E-state index in [1.807, 2.05) is 0 Å². The van der Waals surface area contributed by atoms with Crippen LogP contribution in [0.25, 0.3) is 0 Å². The highest BCUT2D eigenvalue weighted by molar-refractivity contribution is 6.47. The molecule has 0 aliphatic carbocycles. The minimum absolute atomic E-state index is 0.0967. The van der Waals surface area contributed by atoms with Crippen molar-refractivity contribution >= 4 is 23.5 Å². The van der Waals surface area contributed by atoms with Gasteiger partial charge < -0.3 is 14.2 Å². The number of carbonyl (C=O) groups is 2. The third-order valence-corrected chi connectivity index (χ3v) is 3.88.